The van der Waals surface area contributed by atoms with Crippen LogP contribution in [0.15, 0.2) is 72.8 Å². The summed E-state index contributed by atoms with van der Waals surface area (Å²) in [4.78, 5) is 36.7. The molecule has 0 heterocycles. The number of halogens is 1. The maximum atomic E-state index is 13.6. The first kappa shape index (κ1) is 21.7. The molecule has 3 rings (SSSR count). The molecule has 0 unspecified atom stereocenters. The van der Waals surface area contributed by atoms with Gasteiger partial charge >= 0.3 is 5.97 Å². The molecular formula is C24H21FN2O4. The molecule has 0 saturated heterocycles. The average Bonchev–Trinajstić information content (AvgIpc) is 2.77. The van der Waals surface area contributed by atoms with Crippen molar-refractivity contribution in [1.82, 2.24) is 5.32 Å². The third-order valence-electron chi connectivity index (χ3n) is 4.45. The van der Waals surface area contributed by atoms with Gasteiger partial charge in [0, 0.05) is 6.54 Å². The van der Waals surface area contributed by atoms with E-state index in [4.69, 9.17) is 4.74 Å². The van der Waals surface area contributed by atoms with Crippen molar-refractivity contribution in [3.63, 3.8) is 0 Å². The fraction of sp³-hybridized carbons (Fsp3) is 0.125. The molecule has 0 atom stereocenters. The molecule has 3 aromatic rings. The van der Waals surface area contributed by atoms with Crippen molar-refractivity contribution in [1.29, 1.82) is 0 Å². The van der Waals surface area contributed by atoms with Crippen molar-refractivity contribution < 1.29 is 23.5 Å². The molecule has 158 valence electrons. The summed E-state index contributed by atoms with van der Waals surface area (Å²) in [7, 11) is 0. The fourth-order valence-corrected chi connectivity index (χ4v) is 2.80. The Morgan fingerprint density at radius 3 is 2.23 bits per heavy atom. The van der Waals surface area contributed by atoms with Crippen molar-refractivity contribution in [2.24, 2.45) is 0 Å². The highest BCUT2D eigenvalue weighted by molar-refractivity contribution is 6.04. The molecular weight excluding hydrogens is 399 g/mol. The number of benzene rings is 3. The number of carbonyl (C=O) groups excluding carboxylic acids is 3. The maximum absolute atomic E-state index is 13.6. The Morgan fingerprint density at radius 2 is 1.52 bits per heavy atom. The van der Waals surface area contributed by atoms with E-state index in [1.165, 1.54) is 18.2 Å². The number of nitrogens with one attached hydrogen (secondary N) is 2. The molecule has 2 amide bonds. The van der Waals surface area contributed by atoms with E-state index in [1.807, 2.05) is 31.2 Å². The van der Waals surface area contributed by atoms with Crippen LogP contribution in [0.3, 0.4) is 0 Å². The van der Waals surface area contributed by atoms with Crippen LogP contribution in [-0.2, 0) is 16.1 Å². The van der Waals surface area contributed by atoms with Gasteiger partial charge < -0.3 is 15.4 Å². The second-order valence-corrected chi connectivity index (χ2v) is 6.82. The molecule has 2 N–H and O–H groups in total. The number of rotatable bonds is 7. The van der Waals surface area contributed by atoms with Gasteiger partial charge in [-0.1, -0.05) is 54.1 Å². The lowest BCUT2D eigenvalue weighted by Crippen LogP contribution is -2.26. The maximum Gasteiger partial charge on any atom is 0.341 e. The highest BCUT2D eigenvalue weighted by Gasteiger charge is 2.16. The van der Waals surface area contributed by atoms with E-state index in [9.17, 15) is 18.8 Å². The topological polar surface area (TPSA) is 84.5 Å². The van der Waals surface area contributed by atoms with Gasteiger partial charge in [-0.05, 0) is 36.8 Å². The van der Waals surface area contributed by atoms with Crippen LogP contribution in [0, 0.1) is 12.7 Å². The third-order valence-corrected chi connectivity index (χ3v) is 4.45. The van der Waals surface area contributed by atoms with Crippen LogP contribution < -0.4 is 10.6 Å². The van der Waals surface area contributed by atoms with Crippen molar-refractivity contribution in [3.05, 3.63) is 101 Å². The molecule has 7 heteroatoms. The van der Waals surface area contributed by atoms with Gasteiger partial charge in [-0.25, -0.2) is 9.18 Å². The number of carbonyl (C=O) groups is 3. The lowest BCUT2D eigenvalue weighted by atomic mass is 10.1. The molecule has 0 bridgehead atoms. The van der Waals surface area contributed by atoms with Gasteiger partial charge in [-0.3, -0.25) is 9.59 Å². The largest absolute Gasteiger partial charge is 0.452 e. The molecule has 0 fully saturated rings. The summed E-state index contributed by atoms with van der Waals surface area (Å²) in [6, 6.07) is 19.6. The Hall–Kier alpha value is -4.00. The van der Waals surface area contributed by atoms with E-state index < -0.39 is 24.3 Å². The van der Waals surface area contributed by atoms with Crippen LogP contribution in [-0.4, -0.2) is 24.4 Å². The number of hydrogen-bond acceptors (Lipinski definition) is 4. The fourth-order valence-electron chi connectivity index (χ4n) is 2.80. The smallest absolute Gasteiger partial charge is 0.341 e. The highest BCUT2D eigenvalue weighted by Crippen LogP contribution is 2.16. The van der Waals surface area contributed by atoms with E-state index in [0.717, 1.165) is 17.2 Å². The Balaban J connectivity index is 1.58. The van der Waals surface area contributed by atoms with Crippen LogP contribution in [0.4, 0.5) is 10.1 Å². The minimum Gasteiger partial charge on any atom is -0.452 e. The summed E-state index contributed by atoms with van der Waals surface area (Å²) in [6.07, 6.45) is 0. The Labute approximate surface area is 179 Å². The monoisotopic (exact) mass is 420 g/mol. The predicted octanol–water partition coefficient (Wildman–Crippen LogP) is 3.86. The van der Waals surface area contributed by atoms with Crippen molar-refractivity contribution in [2.45, 2.75) is 13.5 Å². The van der Waals surface area contributed by atoms with Crippen molar-refractivity contribution in [2.75, 3.05) is 11.9 Å². The van der Waals surface area contributed by atoms with E-state index in [2.05, 4.69) is 10.6 Å². The molecule has 0 saturated carbocycles. The minimum absolute atomic E-state index is 0.258. The van der Waals surface area contributed by atoms with Crippen LogP contribution >= 0.6 is 0 Å². The summed E-state index contributed by atoms with van der Waals surface area (Å²) < 4.78 is 18.5. The average molecular weight is 420 g/mol. The second-order valence-electron chi connectivity index (χ2n) is 6.82. The predicted molar refractivity (Wildman–Crippen MR) is 114 cm³/mol. The molecule has 0 aromatic heterocycles. The second kappa shape index (κ2) is 10.2. The number of hydrogen-bond donors (Lipinski definition) is 2. The molecule has 0 aliphatic carbocycles. The van der Waals surface area contributed by atoms with E-state index >= 15 is 0 Å². The summed E-state index contributed by atoms with van der Waals surface area (Å²) in [6.45, 7) is 1.70. The van der Waals surface area contributed by atoms with Gasteiger partial charge in [0.15, 0.2) is 6.61 Å². The SMILES string of the molecule is Cc1ccc(CNC(=O)c2ccccc2NC(=O)COC(=O)c2ccccc2F)cc1. The van der Waals surface area contributed by atoms with Gasteiger partial charge in [0.05, 0.1) is 16.8 Å². The van der Waals surface area contributed by atoms with E-state index in [-0.39, 0.29) is 22.7 Å². The lowest BCUT2D eigenvalue weighted by molar-refractivity contribution is -0.119. The molecule has 0 aliphatic heterocycles. The first-order valence-electron chi connectivity index (χ1n) is 9.58. The summed E-state index contributed by atoms with van der Waals surface area (Å²) in [5.41, 5.74) is 2.35. The highest BCUT2D eigenvalue weighted by atomic mass is 19.1. The molecule has 0 spiro atoms. The standard InChI is InChI=1S/C24H21FN2O4/c1-16-10-12-17(13-11-16)14-26-23(29)19-7-3-5-9-21(19)27-22(28)15-31-24(30)18-6-2-4-8-20(18)25/h2-13H,14-15H2,1H3,(H,26,29)(H,27,28). The minimum atomic E-state index is -0.947. The normalized spacial score (nSPS) is 10.3. The Kier molecular flexibility index (Phi) is 7.11. The zero-order valence-corrected chi connectivity index (χ0v) is 16.9. The first-order chi connectivity index (χ1) is 14.9. The first-order valence-corrected chi connectivity index (χ1v) is 9.58. The van der Waals surface area contributed by atoms with Gasteiger partial charge in [0.2, 0.25) is 0 Å². The van der Waals surface area contributed by atoms with Gasteiger partial charge in [-0.15, -0.1) is 0 Å². The van der Waals surface area contributed by atoms with Crippen LogP contribution in [0.1, 0.15) is 31.8 Å². The number of esters is 1. The van der Waals surface area contributed by atoms with Gasteiger partial charge in [0.1, 0.15) is 5.82 Å². The van der Waals surface area contributed by atoms with Gasteiger partial charge in [-0.2, -0.15) is 0 Å². The Bertz CT molecular complexity index is 1100. The number of aryl methyl sites for hydroxylation is 1. The number of anilines is 1. The zero-order valence-electron chi connectivity index (χ0n) is 16.9. The quantitative estimate of drug-likeness (QED) is 0.569. The summed E-state index contributed by atoms with van der Waals surface area (Å²) in [5, 5.41) is 5.36. The third kappa shape index (κ3) is 5.99. The number of para-hydroxylation sites is 1. The van der Waals surface area contributed by atoms with Crippen molar-refractivity contribution >= 4 is 23.5 Å². The van der Waals surface area contributed by atoms with Crippen LogP contribution in [0.2, 0.25) is 0 Å². The van der Waals surface area contributed by atoms with Crippen LogP contribution in [0.25, 0.3) is 0 Å². The molecule has 31 heavy (non-hydrogen) atoms. The number of amides is 2. The lowest BCUT2D eigenvalue weighted by Gasteiger charge is -2.12. The van der Waals surface area contributed by atoms with Gasteiger partial charge in [0.25, 0.3) is 11.8 Å². The zero-order chi connectivity index (χ0) is 22.2. The summed E-state index contributed by atoms with van der Waals surface area (Å²) >= 11 is 0. The number of ether oxygens (including phenoxy) is 1. The summed E-state index contributed by atoms with van der Waals surface area (Å²) in [5.74, 6) is -2.69. The van der Waals surface area contributed by atoms with E-state index in [0.29, 0.717) is 6.54 Å². The molecule has 3 aromatic carbocycles. The van der Waals surface area contributed by atoms with Crippen LogP contribution in [0.5, 0.6) is 0 Å². The molecule has 6 nitrogen and oxygen atoms in total. The molecule has 0 aliphatic rings. The van der Waals surface area contributed by atoms with Crippen molar-refractivity contribution in [3.8, 4) is 0 Å². The molecule has 0 radical (unpaired) electrons. The van der Waals surface area contributed by atoms with E-state index in [1.54, 1.807) is 24.3 Å². The Morgan fingerprint density at radius 1 is 0.871 bits per heavy atom.